The molecule has 0 saturated carbocycles. The molecule has 2 heterocycles. The van der Waals surface area contributed by atoms with Crippen molar-refractivity contribution in [3.63, 3.8) is 0 Å². The number of rotatable bonds is 6. The Morgan fingerprint density at radius 3 is 2.48 bits per heavy atom. The van der Waals surface area contributed by atoms with Crippen molar-refractivity contribution in [2.24, 2.45) is 0 Å². The van der Waals surface area contributed by atoms with E-state index in [2.05, 4.69) is 33.1 Å². The zero-order chi connectivity index (χ0) is 19.4. The maximum absolute atomic E-state index is 12.6. The van der Waals surface area contributed by atoms with E-state index in [0.717, 1.165) is 17.6 Å². The monoisotopic (exact) mass is 454 g/mol. The van der Waals surface area contributed by atoms with E-state index in [1.54, 1.807) is 12.1 Å². The molecule has 27 heavy (non-hydrogen) atoms. The number of hydrogen-bond donors (Lipinski definition) is 1. The largest absolute Gasteiger partial charge is 0.439 e. The van der Waals surface area contributed by atoms with Gasteiger partial charge in [0, 0.05) is 17.1 Å². The Bertz CT molecular complexity index is 887. The summed E-state index contributed by atoms with van der Waals surface area (Å²) < 4.78 is 31.3. The van der Waals surface area contributed by atoms with Gasteiger partial charge in [-0.3, -0.25) is 9.69 Å². The molecular formula is C19H23BrN2O4S. The van der Waals surface area contributed by atoms with Crippen LogP contribution in [0.5, 0.6) is 0 Å². The summed E-state index contributed by atoms with van der Waals surface area (Å²) in [4.78, 5) is 14.8. The first-order chi connectivity index (χ1) is 12.9. The van der Waals surface area contributed by atoms with Gasteiger partial charge in [0.25, 0.3) is 5.91 Å². The van der Waals surface area contributed by atoms with E-state index in [4.69, 9.17) is 4.42 Å². The molecule has 0 aliphatic carbocycles. The molecule has 1 aromatic carbocycles. The van der Waals surface area contributed by atoms with Gasteiger partial charge in [-0.15, -0.1) is 0 Å². The third kappa shape index (κ3) is 4.80. The van der Waals surface area contributed by atoms with Crippen molar-refractivity contribution in [1.82, 2.24) is 10.2 Å². The number of likely N-dealkylation sites (tertiary alicyclic amines) is 1. The minimum absolute atomic E-state index is 0.00321. The van der Waals surface area contributed by atoms with Crippen molar-refractivity contribution in [2.75, 3.05) is 19.6 Å². The van der Waals surface area contributed by atoms with Crippen LogP contribution in [0, 0.1) is 0 Å². The number of sulfone groups is 1. The molecule has 1 amide bonds. The second-order valence-corrected chi connectivity index (χ2v) is 9.53. The number of furan rings is 1. The highest BCUT2D eigenvalue weighted by atomic mass is 79.9. The standard InChI is InChI=1S/C19H23BrN2O4S/c1-14(22-11-3-2-4-12-22)13-21-19(23)17-9-10-18(26-17)27(24,25)16-7-5-15(20)6-8-16/h5-10,14H,2-4,11-13H2,1H3,(H,21,23)/t14-/m0/s1. The van der Waals surface area contributed by atoms with Gasteiger partial charge in [0.15, 0.2) is 5.76 Å². The number of benzene rings is 1. The van der Waals surface area contributed by atoms with Gasteiger partial charge < -0.3 is 9.73 Å². The van der Waals surface area contributed by atoms with Crippen LogP contribution in [0.15, 0.2) is 55.3 Å². The predicted molar refractivity (Wildman–Crippen MR) is 106 cm³/mol. The number of piperidine rings is 1. The van der Waals surface area contributed by atoms with Crippen LogP contribution in [0.2, 0.25) is 0 Å². The molecule has 1 aliphatic rings. The van der Waals surface area contributed by atoms with E-state index in [9.17, 15) is 13.2 Å². The fraction of sp³-hybridized carbons (Fsp3) is 0.421. The molecule has 0 bridgehead atoms. The smallest absolute Gasteiger partial charge is 0.287 e. The van der Waals surface area contributed by atoms with Crippen LogP contribution in [0.1, 0.15) is 36.7 Å². The summed E-state index contributed by atoms with van der Waals surface area (Å²) >= 11 is 3.27. The van der Waals surface area contributed by atoms with Gasteiger partial charge in [0.2, 0.25) is 14.9 Å². The summed E-state index contributed by atoms with van der Waals surface area (Å²) in [6, 6.07) is 9.21. The predicted octanol–water partition coefficient (Wildman–Crippen LogP) is 3.48. The first-order valence-electron chi connectivity index (χ1n) is 9.00. The summed E-state index contributed by atoms with van der Waals surface area (Å²) in [5, 5.41) is 2.60. The summed E-state index contributed by atoms with van der Waals surface area (Å²) in [5.74, 6) is -0.410. The Morgan fingerprint density at radius 1 is 1.15 bits per heavy atom. The van der Waals surface area contributed by atoms with E-state index in [1.165, 1.54) is 43.5 Å². The Labute approximate surface area is 168 Å². The second kappa shape index (κ2) is 8.58. The normalized spacial score (nSPS) is 16.8. The number of nitrogens with zero attached hydrogens (tertiary/aromatic N) is 1. The van der Waals surface area contributed by atoms with E-state index >= 15 is 0 Å². The van der Waals surface area contributed by atoms with Gasteiger partial charge in [-0.1, -0.05) is 22.4 Å². The highest BCUT2D eigenvalue weighted by molar-refractivity contribution is 9.10. The van der Waals surface area contributed by atoms with Gasteiger partial charge in [0.05, 0.1) is 4.90 Å². The van der Waals surface area contributed by atoms with Crippen LogP contribution < -0.4 is 5.32 Å². The molecule has 146 valence electrons. The quantitative estimate of drug-likeness (QED) is 0.722. The third-order valence-corrected chi connectivity index (χ3v) is 6.94. The summed E-state index contributed by atoms with van der Waals surface area (Å²) in [7, 11) is -3.79. The Hall–Kier alpha value is -1.64. The van der Waals surface area contributed by atoms with E-state index in [-0.39, 0.29) is 21.8 Å². The van der Waals surface area contributed by atoms with Crippen LogP contribution in [-0.2, 0) is 9.84 Å². The summed E-state index contributed by atoms with van der Waals surface area (Å²) in [5.41, 5.74) is 0. The molecule has 1 aromatic heterocycles. The number of halogens is 1. The molecule has 1 N–H and O–H groups in total. The number of carbonyl (C=O) groups is 1. The van der Waals surface area contributed by atoms with Gasteiger partial charge in [-0.25, -0.2) is 8.42 Å². The van der Waals surface area contributed by atoms with Gasteiger partial charge in [-0.05, 0) is 69.3 Å². The van der Waals surface area contributed by atoms with Crippen LogP contribution in [0.25, 0.3) is 0 Å². The lowest BCUT2D eigenvalue weighted by atomic mass is 10.1. The first kappa shape index (κ1) is 20.1. The van der Waals surface area contributed by atoms with Gasteiger partial charge >= 0.3 is 0 Å². The minimum Gasteiger partial charge on any atom is -0.439 e. The van der Waals surface area contributed by atoms with Crippen molar-refractivity contribution in [3.8, 4) is 0 Å². The first-order valence-corrected chi connectivity index (χ1v) is 11.3. The van der Waals surface area contributed by atoms with Crippen molar-refractivity contribution < 1.29 is 17.6 Å². The van der Waals surface area contributed by atoms with Crippen LogP contribution in [0.4, 0.5) is 0 Å². The molecular weight excluding hydrogens is 432 g/mol. The minimum atomic E-state index is -3.79. The van der Waals surface area contributed by atoms with E-state index in [0.29, 0.717) is 6.54 Å². The van der Waals surface area contributed by atoms with Crippen molar-refractivity contribution in [2.45, 2.75) is 42.2 Å². The van der Waals surface area contributed by atoms with Crippen LogP contribution in [-0.4, -0.2) is 44.9 Å². The van der Waals surface area contributed by atoms with Crippen molar-refractivity contribution >= 4 is 31.7 Å². The van der Waals surface area contributed by atoms with Crippen molar-refractivity contribution in [3.05, 3.63) is 46.6 Å². The lowest BCUT2D eigenvalue weighted by molar-refractivity contribution is 0.0897. The number of amides is 1. The van der Waals surface area contributed by atoms with Crippen LogP contribution in [0.3, 0.4) is 0 Å². The molecule has 1 saturated heterocycles. The lowest BCUT2D eigenvalue weighted by Gasteiger charge is -2.32. The molecule has 0 unspecified atom stereocenters. The molecule has 1 fully saturated rings. The Balaban J connectivity index is 1.64. The summed E-state index contributed by atoms with van der Waals surface area (Å²) in [6.07, 6.45) is 3.64. The molecule has 8 heteroatoms. The Kier molecular flexibility index (Phi) is 6.39. The maximum atomic E-state index is 12.6. The number of carbonyl (C=O) groups excluding carboxylic acids is 1. The highest BCUT2D eigenvalue weighted by Gasteiger charge is 2.24. The average molecular weight is 455 g/mol. The number of hydrogen-bond acceptors (Lipinski definition) is 5. The molecule has 6 nitrogen and oxygen atoms in total. The Morgan fingerprint density at radius 2 is 1.81 bits per heavy atom. The second-order valence-electron chi connectivity index (χ2n) is 6.73. The summed E-state index contributed by atoms with van der Waals surface area (Å²) in [6.45, 7) is 4.67. The molecule has 0 radical (unpaired) electrons. The van der Waals surface area contributed by atoms with Crippen molar-refractivity contribution in [1.29, 1.82) is 0 Å². The molecule has 0 spiro atoms. The van der Waals surface area contributed by atoms with Crippen LogP contribution >= 0.6 is 15.9 Å². The maximum Gasteiger partial charge on any atom is 0.287 e. The van der Waals surface area contributed by atoms with E-state index < -0.39 is 15.7 Å². The molecule has 2 aromatic rings. The fourth-order valence-electron chi connectivity index (χ4n) is 3.13. The third-order valence-electron chi connectivity index (χ3n) is 4.77. The fourth-order valence-corrected chi connectivity index (χ4v) is 4.57. The topological polar surface area (TPSA) is 79.6 Å². The van der Waals surface area contributed by atoms with Gasteiger partial charge in [-0.2, -0.15) is 0 Å². The molecule has 3 rings (SSSR count). The van der Waals surface area contributed by atoms with Gasteiger partial charge in [0.1, 0.15) is 0 Å². The SMILES string of the molecule is C[C@@H](CNC(=O)c1ccc(S(=O)(=O)c2ccc(Br)cc2)o1)N1CCCCC1. The molecule has 1 atom stereocenters. The lowest BCUT2D eigenvalue weighted by Crippen LogP contribution is -2.44. The van der Waals surface area contributed by atoms with E-state index in [1.807, 2.05) is 0 Å². The highest BCUT2D eigenvalue weighted by Crippen LogP contribution is 2.24. The zero-order valence-corrected chi connectivity index (χ0v) is 17.6. The average Bonchev–Trinajstić information content (AvgIpc) is 3.18. The zero-order valence-electron chi connectivity index (χ0n) is 15.2. The number of nitrogens with one attached hydrogen (secondary N) is 1. The molecule has 1 aliphatic heterocycles.